The van der Waals surface area contributed by atoms with E-state index in [1.165, 1.54) is 0 Å². The summed E-state index contributed by atoms with van der Waals surface area (Å²) in [6, 6.07) is 1.64. The minimum Gasteiger partial charge on any atom is -0.476 e. The molecule has 0 spiro atoms. The highest BCUT2D eigenvalue weighted by Crippen LogP contribution is 2.08. The van der Waals surface area contributed by atoms with Crippen LogP contribution < -0.4 is 5.32 Å². The molecule has 0 aromatic carbocycles. The molecule has 1 aromatic rings. The highest BCUT2D eigenvalue weighted by atomic mass is 16.4. The Hall–Kier alpha value is -1.36. The second-order valence-electron chi connectivity index (χ2n) is 3.43. The molecule has 0 bridgehead atoms. The van der Waals surface area contributed by atoms with Gasteiger partial charge < -0.3 is 10.4 Å². The van der Waals surface area contributed by atoms with Crippen molar-refractivity contribution in [2.45, 2.75) is 25.9 Å². The highest BCUT2D eigenvalue weighted by Gasteiger charge is 2.13. The predicted octanol–water partition coefficient (Wildman–Crippen LogP) is 0.465. The molecule has 0 aliphatic carbocycles. The number of carbonyl (C=O) groups is 1. The number of carboxylic acids is 1. The van der Waals surface area contributed by atoms with E-state index in [9.17, 15) is 4.79 Å². The number of hydrogen-bond donors (Lipinski definition) is 2. The third-order valence-corrected chi connectivity index (χ3v) is 2.36. The average molecular weight is 195 g/mol. The summed E-state index contributed by atoms with van der Waals surface area (Å²) < 4.78 is 1.79. The van der Waals surface area contributed by atoms with Gasteiger partial charge in [0.2, 0.25) is 0 Å². The summed E-state index contributed by atoms with van der Waals surface area (Å²) in [5.41, 5.74) is 1.10. The molecule has 0 saturated carbocycles. The number of fused-ring (bicyclic) bond motifs is 1. The molecule has 0 atom stereocenters. The summed E-state index contributed by atoms with van der Waals surface area (Å²) in [6.45, 7) is 2.53. The number of aromatic carboxylic acids is 1. The van der Waals surface area contributed by atoms with E-state index in [1.807, 2.05) is 0 Å². The summed E-state index contributed by atoms with van der Waals surface area (Å²) in [7, 11) is 0. The summed E-state index contributed by atoms with van der Waals surface area (Å²) in [6.07, 6.45) is 2.16. The van der Waals surface area contributed by atoms with Crippen molar-refractivity contribution in [3.8, 4) is 0 Å². The van der Waals surface area contributed by atoms with Crippen molar-refractivity contribution in [1.82, 2.24) is 15.1 Å². The zero-order valence-corrected chi connectivity index (χ0v) is 7.86. The fraction of sp³-hybridized carbons (Fsp3) is 0.556. The molecule has 2 rings (SSSR count). The monoisotopic (exact) mass is 195 g/mol. The molecule has 0 saturated heterocycles. The number of rotatable bonds is 1. The highest BCUT2D eigenvalue weighted by molar-refractivity contribution is 5.85. The van der Waals surface area contributed by atoms with Crippen LogP contribution in [0.4, 0.5) is 0 Å². The van der Waals surface area contributed by atoms with E-state index in [0.29, 0.717) is 6.54 Å². The molecule has 5 heteroatoms. The van der Waals surface area contributed by atoms with Crippen LogP contribution in [-0.4, -0.2) is 27.4 Å². The van der Waals surface area contributed by atoms with Crippen molar-refractivity contribution in [2.24, 2.45) is 0 Å². The molecule has 0 unspecified atom stereocenters. The lowest BCUT2D eigenvalue weighted by atomic mass is 10.2. The van der Waals surface area contributed by atoms with Crippen molar-refractivity contribution in [3.05, 3.63) is 17.5 Å². The number of nitrogens with zero attached hydrogens (tertiary/aromatic N) is 2. The topological polar surface area (TPSA) is 67.1 Å². The fourth-order valence-electron chi connectivity index (χ4n) is 1.62. The standard InChI is InChI=1S/C9H13N3O2/c13-9(14)8-5-7-6-10-3-1-2-4-12(7)11-8/h5,10H,1-4,6H2,(H,13,14). The molecule has 0 radical (unpaired) electrons. The van der Waals surface area contributed by atoms with Crippen molar-refractivity contribution in [2.75, 3.05) is 6.54 Å². The second-order valence-corrected chi connectivity index (χ2v) is 3.43. The molecule has 2 heterocycles. The molecule has 14 heavy (non-hydrogen) atoms. The Morgan fingerprint density at radius 3 is 3.21 bits per heavy atom. The van der Waals surface area contributed by atoms with Crippen LogP contribution >= 0.6 is 0 Å². The third kappa shape index (κ3) is 1.77. The molecular weight excluding hydrogens is 182 g/mol. The lowest BCUT2D eigenvalue weighted by Gasteiger charge is -2.12. The minimum atomic E-state index is -0.954. The second kappa shape index (κ2) is 3.79. The van der Waals surface area contributed by atoms with Crippen LogP contribution in [0.25, 0.3) is 0 Å². The lowest BCUT2D eigenvalue weighted by molar-refractivity contribution is 0.0689. The molecule has 2 N–H and O–H groups in total. The summed E-state index contributed by atoms with van der Waals surface area (Å²) in [5.74, 6) is -0.954. The van der Waals surface area contributed by atoms with Crippen LogP contribution in [0.1, 0.15) is 29.0 Å². The molecule has 1 aliphatic heterocycles. The van der Waals surface area contributed by atoms with E-state index in [0.717, 1.165) is 31.6 Å². The molecule has 1 aromatic heterocycles. The molecule has 0 amide bonds. The minimum absolute atomic E-state index is 0.142. The Bertz CT molecular complexity index is 320. The first kappa shape index (κ1) is 9.21. The Morgan fingerprint density at radius 1 is 1.57 bits per heavy atom. The average Bonchev–Trinajstić information content (AvgIpc) is 2.48. The Balaban J connectivity index is 2.27. The summed E-state index contributed by atoms with van der Waals surface area (Å²) >= 11 is 0. The van der Waals surface area contributed by atoms with Gasteiger partial charge in [-0.15, -0.1) is 0 Å². The smallest absolute Gasteiger partial charge is 0.356 e. The number of aromatic nitrogens is 2. The number of carboxylic acid groups (broad SMARTS) is 1. The van der Waals surface area contributed by atoms with Gasteiger partial charge in [-0.2, -0.15) is 5.10 Å². The van der Waals surface area contributed by atoms with E-state index < -0.39 is 5.97 Å². The number of aryl methyl sites for hydroxylation is 1. The maximum absolute atomic E-state index is 10.7. The van der Waals surface area contributed by atoms with Gasteiger partial charge >= 0.3 is 5.97 Å². The summed E-state index contributed by atoms with van der Waals surface area (Å²) in [4.78, 5) is 10.7. The van der Waals surface area contributed by atoms with Gasteiger partial charge in [0.1, 0.15) is 0 Å². The van der Waals surface area contributed by atoms with Crippen LogP contribution in [0.5, 0.6) is 0 Å². The van der Waals surface area contributed by atoms with Gasteiger partial charge in [0, 0.05) is 13.1 Å². The first-order valence-electron chi connectivity index (χ1n) is 4.78. The van der Waals surface area contributed by atoms with Gasteiger partial charge in [0.25, 0.3) is 0 Å². The Kier molecular flexibility index (Phi) is 2.49. The maximum Gasteiger partial charge on any atom is 0.356 e. The lowest BCUT2D eigenvalue weighted by Crippen LogP contribution is -2.21. The third-order valence-electron chi connectivity index (χ3n) is 2.36. The van der Waals surface area contributed by atoms with Crippen molar-refractivity contribution in [1.29, 1.82) is 0 Å². The normalized spacial score (nSPS) is 16.9. The van der Waals surface area contributed by atoms with E-state index in [2.05, 4.69) is 10.4 Å². The first-order valence-corrected chi connectivity index (χ1v) is 4.78. The van der Waals surface area contributed by atoms with Gasteiger partial charge in [-0.1, -0.05) is 0 Å². The van der Waals surface area contributed by atoms with Gasteiger partial charge in [0.05, 0.1) is 5.69 Å². The van der Waals surface area contributed by atoms with Crippen molar-refractivity contribution >= 4 is 5.97 Å². The zero-order chi connectivity index (χ0) is 9.97. The van der Waals surface area contributed by atoms with Crippen LogP contribution in [0.3, 0.4) is 0 Å². The summed E-state index contributed by atoms with van der Waals surface area (Å²) in [5, 5.41) is 16.0. The Labute approximate surface area is 81.7 Å². The van der Waals surface area contributed by atoms with Gasteiger partial charge in [-0.3, -0.25) is 4.68 Å². The molecule has 5 nitrogen and oxygen atoms in total. The van der Waals surface area contributed by atoms with Crippen LogP contribution in [0.2, 0.25) is 0 Å². The zero-order valence-electron chi connectivity index (χ0n) is 7.86. The quantitative estimate of drug-likeness (QED) is 0.683. The van der Waals surface area contributed by atoms with Crippen molar-refractivity contribution in [3.63, 3.8) is 0 Å². The predicted molar refractivity (Wildman–Crippen MR) is 50.1 cm³/mol. The molecule has 76 valence electrons. The van der Waals surface area contributed by atoms with E-state index in [4.69, 9.17) is 5.11 Å². The van der Waals surface area contributed by atoms with Crippen LogP contribution in [0, 0.1) is 0 Å². The number of hydrogen-bond acceptors (Lipinski definition) is 3. The van der Waals surface area contributed by atoms with Crippen LogP contribution in [0.15, 0.2) is 6.07 Å². The SMILES string of the molecule is O=C(O)c1cc2n(n1)CCCCNC2. The van der Waals surface area contributed by atoms with Gasteiger partial charge in [-0.05, 0) is 25.5 Å². The first-order chi connectivity index (χ1) is 6.77. The maximum atomic E-state index is 10.7. The molecule has 1 aliphatic rings. The van der Waals surface area contributed by atoms with Gasteiger partial charge in [0.15, 0.2) is 5.69 Å². The van der Waals surface area contributed by atoms with E-state index >= 15 is 0 Å². The Morgan fingerprint density at radius 2 is 2.43 bits per heavy atom. The molecular formula is C9H13N3O2. The largest absolute Gasteiger partial charge is 0.476 e. The molecule has 0 fully saturated rings. The number of nitrogens with one attached hydrogen (secondary N) is 1. The fourth-order valence-corrected chi connectivity index (χ4v) is 1.62. The van der Waals surface area contributed by atoms with Crippen LogP contribution in [-0.2, 0) is 13.1 Å². The van der Waals surface area contributed by atoms with Crippen molar-refractivity contribution < 1.29 is 9.90 Å². The van der Waals surface area contributed by atoms with E-state index in [-0.39, 0.29) is 5.69 Å². The van der Waals surface area contributed by atoms with Gasteiger partial charge in [-0.25, -0.2) is 4.79 Å². The van der Waals surface area contributed by atoms with E-state index in [1.54, 1.807) is 10.7 Å².